The van der Waals surface area contributed by atoms with Crippen LogP contribution in [0.3, 0.4) is 0 Å². The van der Waals surface area contributed by atoms with Crippen LogP contribution in [0, 0.1) is 0 Å². The third-order valence-electron chi connectivity index (χ3n) is 3.79. The Kier molecular flexibility index (Phi) is 3.45. The Morgan fingerprint density at radius 2 is 1.85 bits per heavy atom. The third-order valence-corrected chi connectivity index (χ3v) is 4.42. The van der Waals surface area contributed by atoms with Gasteiger partial charge in [-0.1, -0.05) is 47.5 Å². The quantitative estimate of drug-likeness (QED) is 0.670. The molecule has 0 amide bonds. The molecule has 0 saturated heterocycles. The normalized spacial score (nSPS) is 16.4. The molecule has 1 atom stereocenters. The van der Waals surface area contributed by atoms with E-state index in [1.54, 1.807) is 12.1 Å². The first-order chi connectivity index (χ1) is 9.56. The lowest BCUT2D eigenvalue weighted by Crippen LogP contribution is -2.20. The number of benzene rings is 2. The van der Waals surface area contributed by atoms with Gasteiger partial charge in [0.15, 0.2) is 5.78 Å². The summed E-state index contributed by atoms with van der Waals surface area (Å²) in [6.07, 6.45) is 1.44. The van der Waals surface area contributed by atoms with E-state index in [1.807, 2.05) is 12.1 Å². The van der Waals surface area contributed by atoms with Gasteiger partial charge in [0.1, 0.15) is 0 Å². The van der Waals surface area contributed by atoms with Crippen molar-refractivity contribution in [3.05, 3.63) is 63.1 Å². The van der Waals surface area contributed by atoms with E-state index in [2.05, 4.69) is 12.1 Å². The van der Waals surface area contributed by atoms with Crippen LogP contribution < -0.4 is 5.73 Å². The van der Waals surface area contributed by atoms with Crippen molar-refractivity contribution in [1.29, 1.82) is 0 Å². The van der Waals surface area contributed by atoms with Crippen LogP contribution in [0.4, 0.5) is 5.69 Å². The van der Waals surface area contributed by atoms with Gasteiger partial charge in [0.25, 0.3) is 0 Å². The summed E-state index contributed by atoms with van der Waals surface area (Å²) >= 11 is 11.9. The first-order valence-corrected chi connectivity index (χ1v) is 7.17. The Hall–Kier alpha value is -1.51. The lowest BCUT2D eigenvalue weighted by Gasteiger charge is -2.29. The molecular formula is C16H13Cl2NO. The van der Waals surface area contributed by atoms with Crippen molar-refractivity contribution >= 4 is 34.7 Å². The molecule has 2 N–H and O–H groups in total. The summed E-state index contributed by atoms with van der Waals surface area (Å²) in [4.78, 5) is 12.3. The summed E-state index contributed by atoms with van der Waals surface area (Å²) in [5, 5.41) is 0.657. The van der Waals surface area contributed by atoms with Crippen molar-refractivity contribution in [1.82, 2.24) is 0 Å². The molecule has 102 valence electrons. The summed E-state index contributed by atoms with van der Waals surface area (Å²) in [6, 6.07) is 11.4. The number of hydrogen-bond acceptors (Lipinski definition) is 2. The number of fused-ring (bicyclic) bond motifs is 1. The number of carbonyl (C=O) groups is 1. The minimum Gasteiger partial charge on any atom is -0.396 e. The smallest absolute Gasteiger partial charge is 0.163 e. The summed E-state index contributed by atoms with van der Waals surface area (Å²) in [7, 11) is 0. The van der Waals surface area contributed by atoms with Gasteiger partial charge >= 0.3 is 0 Å². The van der Waals surface area contributed by atoms with E-state index in [4.69, 9.17) is 28.9 Å². The third kappa shape index (κ3) is 2.30. The number of halogens is 2. The molecule has 0 fully saturated rings. The van der Waals surface area contributed by atoms with E-state index in [0.29, 0.717) is 33.6 Å². The zero-order valence-corrected chi connectivity index (χ0v) is 12.2. The van der Waals surface area contributed by atoms with Gasteiger partial charge in [0, 0.05) is 12.0 Å². The fraction of sp³-hybridized carbons (Fsp3) is 0.188. The molecule has 0 aliphatic heterocycles. The van der Waals surface area contributed by atoms with Crippen LogP contribution in [-0.4, -0.2) is 5.78 Å². The Balaban J connectivity index is 1.79. The zero-order chi connectivity index (χ0) is 14.3. The minimum atomic E-state index is 0.0494. The van der Waals surface area contributed by atoms with Crippen molar-refractivity contribution in [3.63, 3.8) is 0 Å². The molecule has 0 saturated carbocycles. The molecule has 0 radical (unpaired) electrons. The van der Waals surface area contributed by atoms with Crippen molar-refractivity contribution in [3.8, 4) is 0 Å². The molecule has 0 aromatic heterocycles. The van der Waals surface area contributed by atoms with E-state index in [9.17, 15) is 4.79 Å². The molecule has 1 aliphatic rings. The molecule has 0 spiro atoms. The molecule has 1 unspecified atom stereocenters. The summed E-state index contributed by atoms with van der Waals surface area (Å²) in [5.41, 5.74) is 9.13. The number of rotatable bonds is 3. The van der Waals surface area contributed by atoms with Gasteiger partial charge in [-0.25, -0.2) is 0 Å². The fourth-order valence-corrected chi connectivity index (χ4v) is 3.12. The van der Waals surface area contributed by atoms with Gasteiger partial charge in [0.05, 0.1) is 15.7 Å². The average molecular weight is 306 g/mol. The van der Waals surface area contributed by atoms with Crippen molar-refractivity contribution < 1.29 is 4.79 Å². The number of anilines is 1. The van der Waals surface area contributed by atoms with Crippen LogP contribution in [0.2, 0.25) is 10.0 Å². The highest BCUT2D eigenvalue weighted by atomic mass is 35.5. The van der Waals surface area contributed by atoms with Gasteiger partial charge in [0.2, 0.25) is 0 Å². The number of Topliss-reactive ketones (excluding diaryl/α,β-unsaturated/α-hetero) is 1. The number of hydrogen-bond donors (Lipinski definition) is 1. The second-order valence-electron chi connectivity index (χ2n) is 5.08. The van der Waals surface area contributed by atoms with Gasteiger partial charge < -0.3 is 5.73 Å². The van der Waals surface area contributed by atoms with E-state index in [1.165, 1.54) is 11.1 Å². The van der Waals surface area contributed by atoms with E-state index >= 15 is 0 Å². The molecule has 2 aromatic carbocycles. The summed E-state index contributed by atoms with van der Waals surface area (Å²) < 4.78 is 0. The SMILES string of the molecule is Nc1c(Cl)cc(C(=O)CC2Cc3ccccc32)cc1Cl. The van der Waals surface area contributed by atoms with Crippen molar-refractivity contribution in [2.45, 2.75) is 18.8 Å². The Labute approximate surface area is 127 Å². The highest BCUT2D eigenvalue weighted by molar-refractivity contribution is 6.39. The van der Waals surface area contributed by atoms with Crippen LogP contribution >= 0.6 is 23.2 Å². The van der Waals surface area contributed by atoms with E-state index in [0.717, 1.165) is 6.42 Å². The van der Waals surface area contributed by atoms with Crippen LogP contribution in [0.1, 0.15) is 33.8 Å². The van der Waals surface area contributed by atoms with Gasteiger partial charge in [-0.15, -0.1) is 0 Å². The highest BCUT2D eigenvalue weighted by Crippen LogP contribution is 2.38. The van der Waals surface area contributed by atoms with Crippen molar-refractivity contribution in [2.24, 2.45) is 0 Å². The van der Waals surface area contributed by atoms with Gasteiger partial charge in [-0.3, -0.25) is 4.79 Å². The predicted octanol–water partition coefficient (Wildman–Crippen LogP) is 4.49. The lowest BCUT2D eigenvalue weighted by atomic mass is 9.74. The topological polar surface area (TPSA) is 43.1 Å². The molecule has 4 heteroatoms. The Morgan fingerprint density at radius 1 is 1.20 bits per heavy atom. The van der Waals surface area contributed by atoms with E-state index in [-0.39, 0.29) is 5.78 Å². The van der Waals surface area contributed by atoms with Crippen LogP contribution in [0.15, 0.2) is 36.4 Å². The molecule has 3 rings (SSSR count). The second kappa shape index (κ2) is 5.12. The number of nitrogen functional groups attached to an aromatic ring is 1. The van der Waals surface area contributed by atoms with Crippen LogP contribution in [0.5, 0.6) is 0 Å². The molecule has 1 aliphatic carbocycles. The molecule has 0 heterocycles. The maximum atomic E-state index is 12.3. The lowest BCUT2D eigenvalue weighted by molar-refractivity contribution is 0.0970. The Morgan fingerprint density at radius 3 is 2.50 bits per heavy atom. The maximum Gasteiger partial charge on any atom is 0.163 e. The van der Waals surface area contributed by atoms with Crippen LogP contribution in [0.25, 0.3) is 0 Å². The predicted molar refractivity (Wildman–Crippen MR) is 82.7 cm³/mol. The summed E-state index contributed by atoms with van der Waals surface area (Å²) in [5.74, 6) is 0.349. The summed E-state index contributed by atoms with van der Waals surface area (Å²) in [6.45, 7) is 0. The minimum absolute atomic E-state index is 0.0494. The maximum absolute atomic E-state index is 12.3. The molecule has 2 nitrogen and oxygen atoms in total. The van der Waals surface area contributed by atoms with Crippen molar-refractivity contribution in [2.75, 3.05) is 5.73 Å². The molecule has 20 heavy (non-hydrogen) atoms. The molecule has 0 bridgehead atoms. The standard InChI is InChI=1S/C16H13Cl2NO/c17-13-6-11(7-14(18)16(13)19)15(20)8-10-5-9-3-1-2-4-12(9)10/h1-4,6-7,10H,5,8,19H2. The number of carbonyl (C=O) groups excluding carboxylic acids is 1. The first-order valence-electron chi connectivity index (χ1n) is 6.42. The number of ketones is 1. The van der Waals surface area contributed by atoms with Gasteiger partial charge in [-0.2, -0.15) is 0 Å². The average Bonchev–Trinajstić information content (AvgIpc) is 2.41. The number of nitrogens with two attached hydrogens (primary N) is 1. The van der Waals surface area contributed by atoms with Gasteiger partial charge in [-0.05, 0) is 35.6 Å². The molecule has 2 aromatic rings. The van der Waals surface area contributed by atoms with Crippen LogP contribution in [-0.2, 0) is 6.42 Å². The zero-order valence-electron chi connectivity index (χ0n) is 10.7. The highest BCUT2D eigenvalue weighted by Gasteiger charge is 2.28. The first kappa shape index (κ1) is 13.5. The monoisotopic (exact) mass is 305 g/mol. The molecular weight excluding hydrogens is 293 g/mol. The fourth-order valence-electron chi connectivity index (χ4n) is 2.63. The van der Waals surface area contributed by atoms with E-state index < -0.39 is 0 Å². The second-order valence-corrected chi connectivity index (χ2v) is 5.90. The largest absolute Gasteiger partial charge is 0.396 e. The Bertz CT molecular complexity index is 674.